The highest BCUT2D eigenvalue weighted by atomic mass is 19.1. The van der Waals surface area contributed by atoms with E-state index in [4.69, 9.17) is 4.98 Å². The molecule has 0 saturated carbocycles. The summed E-state index contributed by atoms with van der Waals surface area (Å²) >= 11 is 0. The number of rotatable bonds is 9. The minimum Gasteiger partial charge on any atom is -0.354 e. The van der Waals surface area contributed by atoms with Gasteiger partial charge >= 0.3 is 0 Å². The van der Waals surface area contributed by atoms with Crippen molar-refractivity contribution in [2.24, 2.45) is 0 Å². The highest BCUT2D eigenvalue weighted by molar-refractivity contribution is 6.00. The lowest BCUT2D eigenvalue weighted by molar-refractivity contribution is -0.125. The summed E-state index contributed by atoms with van der Waals surface area (Å²) in [7, 11) is 0. The van der Waals surface area contributed by atoms with Gasteiger partial charge in [-0.2, -0.15) is 0 Å². The van der Waals surface area contributed by atoms with Crippen molar-refractivity contribution in [1.82, 2.24) is 15.2 Å². The molecule has 2 aliphatic rings. The zero-order chi connectivity index (χ0) is 30.8. The molecule has 1 aliphatic heterocycles. The Morgan fingerprint density at radius 1 is 0.844 bits per heavy atom. The Morgan fingerprint density at radius 3 is 2.27 bits per heavy atom. The number of amides is 1. The third-order valence-electron chi connectivity index (χ3n) is 9.74. The van der Waals surface area contributed by atoms with Crippen LogP contribution >= 0.6 is 0 Å². The molecule has 0 bridgehead atoms. The number of carbonyl (C=O) groups is 1. The predicted octanol–water partition coefficient (Wildman–Crippen LogP) is 7.34. The summed E-state index contributed by atoms with van der Waals surface area (Å²) in [4.78, 5) is 24.2. The first-order chi connectivity index (χ1) is 22.0. The summed E-state index contributed by atoms with van der Waals surface area (Å²) in [5.41, 5.74) is 5.58. The van der Waals surface area contributed by atoms with Gasteiger partial charge in [0.05, 0.1) is 5.52 Å². The molecule has 1 atom stereocenters. The molecule has 1 aromatic heterocycles. The molecule has 1 aliphatic carbocycles. The van der Waals surface area contributed by atoms with Crippen LogP contribution in [-0.2, 0) is 16.8 Å². The van der Waals surface area contributed by atoms with Crippen molar-refractivity contribution in [3.05, 3.63) is 132 Å². The summed E-state index contributed by atoms with van der Waals surface area (Å²) in [5.74, 6) is 0.780. The van der Waals surface area contributed by atoms with E-state index >= 15 is 0 Å². The van der Waals surface area contributed by atoms with Crippen LogP contribution in [0, 0.1) is 5.82 Å². The number of benzene rings is 4. The third kappa shape index (κ3) is 5.59. The van der Waals surface area contributed by atoms with E-state index in [1.807, 2.05) is 18.2 Å². The zero-order valence-corrected chi connectivity index (χ0v) is 25.8. The highest BCUT2D eigenvalue weighted by Gasteiger charge is 2.48. The largest absolute Gasteiger partial charge is 0.354 e. The van der Waals surface area contributed by atoms with Crippen LogP contribution in [0.25, 0.3) is 22.0 Å². The van der Waals surface area contributed by atoms with Gasteiger partial charge in [0.2, 0.25) is 5.91 Å². The van der Waals surface area contributed by atoms with Crippen molar-refractivity contribution in [3.63, 3.8) is 0 Å². The van der Waals surface area contributed by atoms with Crippen molar-refractivity contribution >= 4 is 22.6 Å². The number of nitrogens with zero attached hydrogens (tertiary/aromatic N) is 3. The molecule has 6 heteroatoms. The molecule has 1 N–H and O–H groups in total. The average molecular weight is 599 g/mol. The van der Waals surface area contributed by atoms with Crippen molar-refractivity contribution in [3.8, 4) is 11.1 Å². The number of unbranched alkanes of at least 4 members (excludes halogenated alkanes) is 1. The van der Waals surface area contributed by atoms with Crippen LogP contribution in [0.4, 0.5) is 10.2 Å². The van der Waals surface area contributed by atoms with Crippen LogP contribution in [0.2, 0.25) is 0 Å². The van der Waals surface area contributed by atoms with Gasteiger partial charge in [-0.25, -0.2) is 9.37 Å². The molecular formula is C39H39FN4O. The lowest BCUT2D eigenvalue weighted by Crippen LogP contribution is -2.52. The number of halogens is 1. The second kappa shape index (κ2) is 12.4. The lowest BCUT2D eigenvalue weighted by atomic mass is 9.73. The topological polar surface area (TPSA) is 48.5 Å². The number of nitrogens with one attached hydrogen (secondary N) is 1. The fraction of sp³-hybridized carbons (Fsp3) is 0.282. The van der Waals surface area contributed by atoms with Gasteiger partial charge in [-0.1, -0.05) is 85.3 Å². The third-order valence-corrected chi connectivity index (χ3v) is 9.74. The van der Waals surface area contributed by atoms with Crippen molar-refractivity contribution in [1.29, 1.82) is 0 Å². The Hall–Kier alpha value is -4.55. The monoisotopic (exact) mass is 598 g/mol. The van der Waals surface area contributed by atoms with E-state index in [0.29, 0.717) is 12.6 Å². The molecule has 2 heterocycles. The van der Waals surface area contributed by atoms with Gasteiger partial charge in [0.1, 0.15) is 17.1 Å². The Kier molecular flexibility index (Phi) is 8.07. The lowest BCUT2D eigenvalue weighted by Gasteiger charge is -2.40. The maximum absolute atomic E-state index is 14.3. The molecule has 5 nitrogen and oxygen atoms in total. The van der Waals surface area contributed by atoms with Crippen LogP contribution in [0.1, 0.15) is 42.9 Å². The SMILES string of the molecule is C[C@H]1CN(c2ccc3ccccc3n2)CCN1CCCCC1(C(=O)NCc2ccc(F)cc2)c2ccccc2-c2ccccc21. The summed E-state index contributed by atoms with van der Waals surface area (Å²) in [6.07, 6.45) is 2.66. The number of carbonyl (C=O) groups excluding carboxylic acids is 1. The minimum absolute atomic E-state index is 0.00842. The number of aromatic nitrogens is 1. The van der Waals surface area contributed by atoms with E-state index in [2.05, 4.69) is 88.8 Å². The Labute approximate surface area is 264 Å². The molecule has 0 unspecified atom stereocenters. The highest BCUT2D eigenvalue weighted by Crippen LogP contribution is 2.51. The Bertz CT molecular complexity index is 1770. The van der Waals surface area contributed by atoms with E-state index in [9.17, 15) is 9.18 Å². The van der Waals surface area contributed by atoms with Crippen LogP contribution in [0.15, 0.2) is 109 Å². The smallest absolute Gasteiger partial charge is 0.235 e. The van der Waals surface area contributed by atoms with Crippen molar-refractivity contribution < 1.29 is 9.18 Å². The molecule has 4 aromatic carbocycles. The second-order valence-corrected chi connectivity index (χ2v) is 12.5. The number of pyridine rings is 1. The van der Waals surface area contributed by atoms with Gasteiger partial charge in [0.25, 0.3) is 0 Å². The Morgan fingerprint density at radius 2 is 1.53 bits per heavy atom. The van der Waals surface area contributed by atoms with Gasteiger partial charge < -0.3 is 10.2 Å². The standard InChI is InChI=1S/C39H39FN4O/c1-28-27-44(37-21-18-30-10-2-7-15-36(30)42-37)25-24-43(28)23-9-8-22-39(38(45)41-26-29-16-19-31(40)20-17-29)34-13-5-3-11-32(34)33-12-4-6-14-35(33)39/h2-7,10-21,28H,8-9,22-27H2,1H3,(H,41,45)/t28-/m0/s1. The fourth-order valence-corrected chi connectivity index (χ4v) is 7.36. The fourth-order valence-electron chi connectivity index (χ4n) is 7.36. The average Bonchev–Trinajstić information content (AvgIpc) is 3.37. The van der Waals surface area contributed by atoms with Crippen LogP contribution in [0.5, 0.6) is 0 Å². The van der Waals surface area contributed by atoms with Gasteiger partial charge in [0, 0.05) is 37.6 Å². The molecular weight excluding hydrogens is 559 g/mol. The van der Waals surface area contributed by atoms with E-state index in [1.165, 1.54) is 17.5 Å². The van der Waals surface area contributed by atoms with Crippen LogP contribution in [-0.4, -0.2) is 48.0 Å². The molecule has 7 rings (SSSR count). The number of para-hydroxylation sites is 1. The van der Waals surface area contributed by atoms with E-state index in [-0.39, 0.29) is 11.7 Å². The molecule has 1 saturated heterocycles. The number of anilines is 1. The predicted molar refractivity (Wildman–Crippen MR) is 180 cm³/mol. The van der Waals surface area contributed by atoms with Gasteiger partial charge in [0.15, 0.2) is 0 Å². The summed E-state index contributed by atoms with van der Waals surface area (Å²) < 4.78 is 13.5. The first-order valence-electron chi connectivity index (χ1n) is 16.1. The van der Waals surface area contributed by atoms with Gasteiger partial charge in [-0.05, 0) is 84.5 Å². The molecule has 0 radical (unpaired) electrons. The number of hydrogen-bond acceptors (Lipinski definition) is 4. The van der Waals surface area contributed by atoms with E-state index < -0.39 is 5.41 Å². The van der Waals surface area contributed by atoms with E-state index in [1.54, 1.807) is 12.1 Å². The Balaban J connectivity index is 1.04. The first kappa shape index (κ1) is 29.2. The summed E-state index contributed by atoms with van der Waals surface area (Å²) in [6.45, 7) is 6.55. The number of piperazine rings is 1. The molecule has 1 fully saturated rings. The summed E-state index contributed by atoms with van der Waals surface area (Å²) in [6, 6.07) is 36.0. The summed E-state index contributed by atoms with van der Waals surface area (Å²) in [5, 5.41) is 4.40. The van der Waals surface area contributed by atoms with Crippen molar-refractivity contribution in [2.45, 2.75) is 44.2 Å². The number of fused-ring (bicyclic) bond motifs is 4. The normalized spacial score (nSPS) is 17.2. The molecule has 1 amide bonds. The second-order valence-electron chi connectivity index (χ2n) is 12.5. The molecule has 0 spiro atoms. The van der Waals surface area contributed by atoms with Crippen LogP contribution < -0.4 is 10.2 Å². The molecule has 5 aromatic rings. The molecule has 45 heavy (non-hydrogen) atoms. The maximum Gasteiger partial charge on any atom is 0.235 e. The minimum atomic E-state index is -0.765. The van der Waals surface area contributed by atoms with Gasteiger partial charge in [-0.15, -0.1) is 0 Å². The van der Waals surface area contributed by atoms with Gasteiger partial charge in [-0.3, -0.25) is 9.69 Å². The quantitative estimate of drug-likeness (QED) is 0.181. The molecule has 228 valence electrons. The van der Waals surface area contributed by atoms with Crippen molar-refractivity contribution in [2.75, 3.05) is 31.1 Å². The van der Waals surface area contributed by atoms with Crippen LogP contribution in [0.3, 0.4) is 0 Å². The zero-order valence-electron chi connectivity index (χ0n) is 25.8. The first-order valence-corrected chi connectivity index (χ1v) is 16.1. The maximum atomic E-state index is 14.3. The van der Waals surface area contributed by atoms with E-state index in [0.717, 1.165) is 84.6 Å². The number of hydrogen-bond donors (Lipinski definition) is 1.